The second kappa shape index (κ2) is 7.83. The lowest BCUT2D eigenvalue weighted by atomic mass is 10.1. The lowest BCUT2D eigenvalue weighted by Crippen LogP contribution is -2.38. The molecule has 0 bridgehead atoms. The Balaban J connectivity index is 1.24. The molecule has 144 valence electrons. The van der Waals surface area contributed by atoms with Gasteiger partial charge in [0, 0.05) is 37.7 Å². The van der Waals surface area contributed by atoms with Crippen LogP contribution in [0.2, 0.25) is 0 Å². The van der Waals surface area contributed by atoms with E-state index in [1.165, 1.54) is 0 Å². The van der Waals surface area contributed by atoms with Crippen LogP contribution in [0.5, 0.6) is 5.88 Å². The molecule has 5 rings (SSSR count). The van der Waals surface area contributed by atoms with Crippen molar-refractivity contribution < 1.29 is 4.74 Å². The van der Waals surface area contributed by atoms with Gasteiger partial charge in [0.15, 0.2) is 5.82 Å². The summed E-state index contributed by atoms with van der Waals surface area (Å²) in [6.07, 6.45) is 5.51. The Morgan fingerprint density at radius 3 is 2.38 bits per heavy atom. The van der Waals surface area contributed by atoms with Crippen LogP contribution < -0.4 is 9.64 Å². The molecule has 2 aromatic carbocycles. The third kappa shape index (κ3) is 3.87. The van der Waals surface area contributed by atoms with Crippen molar-refractivity contribution in [1.29, 1.82) is 0 Å². The molecule has 0 atom stereocenters. The third-order valence-electron chi connectivity index (χ3n) is 5.15. The second-order valence-corrected chi connectivity index (χ2v) is 7.11. The standard InChI is InChI=1S/C23H21N5O/c1-2-6-17(7-3-1)23-24-13-10-21(27-23)28-14-11-18(12-15-28)29-22-16-25-19-8-4-5-9-20(19)26-22/h1-10,13,16,18H,11-12,14-15H2. The van der Waals surface area contributed by atoms with Crippen LogP contribution in [0.25, 0.3) is 22.4 Å². The molecule has 1 aliphatic heterocycles. The first-order chi connectivity index (χ1) is 14.3. The van der Waals surface area contributed by atoms with Crippen LogP contribution in [0.3, 0.4) is 0 Å². The van der Waals surface area contributed by atoms with Crippen molar-refractivity contribution in [1.82, 2.24) is 19.9 Å². The first-order valence-corrected chi connectivity index (χ1v) is 9.87. The first-order valence-electron chi connectivity index (χ1n) is 9.87. The van der Waals surface area contributed by atoms with Crippen LogP contribution in [-0.2, 0) is 0 Å². The van der Waals surface area contributed by atoms with Gasteiger partial charge in [-0.25, -0.2) is 19.9 Å². The number of rotatable bonds is 4. The first kappa shape index (κ1) is 17.6. The Hall–Kier alpha value is -3.54. The Kier molecular flexibility index (Phi) is 4.74. The van der Waals surface area contributed by atoms with Gasteiger partial charge in [0.25, 0.3) is 0 Å². The number of anilines is 1. The lowest BCUT2D eigenvalue weighted by Gasteiger charge is -2.32. The van der Waals surface area contributed by atoms with Gasteiger partial charge in [-0.1, -0.05) is 42.5 Å². The van der Waals surface area contributed by atoms with Gasteiger partial charge in [0.1, 0.15) is 11.9 Å². The van der Waals surface area contributed by atoms with E-state index in [0.717, 1.165) is 54.2 Å². The van der Waals surface area contributed by atoms with E-state index in [-0.39, 0.29) is 6.10 Å². The lowest BCUT2D eigenvalue weighted by molar-refractivity contribution is 0.163. The minimum absolute atomic E-state index is 0.136. The van der Waals surface area contributed by atoms with E-state index in [1.54, 1.807) is 6.20 Å². The quantitative estimate of drug-likeness (QED) is 0.528. The molecule has 1 saturated heterocycles. The molecule has 0 amide bonds. The van der Waals surface area contributed by atoms with Crippen molar-refractivity contribution in [3.63, 3.8) is 0 Å². The van der Waals surface area contributed by atoms with Gasteiger partial charge >= 0.3 is 0 Å². The molecule has 0 saturated carbocycles. The molecule has 6 heteroatoms. The molecule has 4 aromatic rings. The van der Waals surface area contributed by atoms with Gasteiger partial charge < -0.3 is 9.64 Å². The number of aromatic nitrogens is 4. The monoisotopic (exact) mass is 383 g/mol. The highest BCUT2D eigenvalue weighted by Gasteiger charge is 2.22. The second-order valence-electron chi connectivity index (χ2n) is 7.11. The predicted molar refractivity (Wildman–Crippen MR) is 113 cm³/mol. The average molecular weight is 383 g/mol. The van der Waals surface area contributed by atoms with E-state index in [9.17, 15) is 0 Å². The molecule has 2 aromatic heterocycles. The van der Waals surface area contributed by atoms with E-state index in [4.69, 9.17) is 9.72 Å². The van der Waals surface area contributed by atoms with Crippen LogP contribution >= 0.6 is 0 Å². The smallest absolute Gasteiger partial charge is 0.233 e. The Morgan fingerprint density at radius 1 is 0.793 bits per heavy atom. The molecule has 0 unspecified atom stereocenters. The number of ether oxygens (including phenoxy) is 1. The van der Waals surface area contributed by atoms with Gasteiger partial charge in [-0.05, 0) is 18.2 Å². The Labute approximate surface area is 169 Å². The van der Waals surface area contributed by atoms with Crippen molar-refractivity contribution in [2.45, 2.75) is 18.9 Å². The molecule has 0 aliphatic carbocycles. The van der Waals surface area contributed by atoms with E-state index >= 15 is 0 Å². The summed E-state index contributed by atoms with van der Waals surface area (Å²) in [5.74, 6) is 2.31. The summed E-state index contributed by atoms with van der Waals surface area (Å²) in [6, 6.07) is 19.9. The van der Waals surface area contributed by atoms with Gasteiger partial charge in [-0.15, -0.1) is 0 Å². The molecular weight excluding hydrogens is 362 g/mol. The Bertz CT molecular complexity index is 1110. The summed E-state index contributed by atoms with van der Waals surface area (Å²) in [5.41, 5.74) is 2.77. The van der Waals surface area contributed by atoms with Gasteiger partial charge in [-0.2, -0.15) is 0 Å². The largest absolute Gasteiger partial charge is 0.473 e. The zero-order chi connectivity index (χ0) is 19.5. The fraction of sp³-hybridized carbons (Fsp3) is 0.217. The molecule has 6 nitrogen and oxygen atoms in total. The molecule has 3 heterocycles. The van der Waals surface area contributed by atoms with Crippen molar-refractivity contribution in [3.05, 3.63) is 73.1 Å². The summed E-state index contributed by atoms with van der Waals surface area (Å²) >= 11 is 0. The highest BCUT2D eigenvalue weighted by Crippen LogP contribution is 2.23. The summed E-state index contributed by atoms with van der Waals surface area (Å²) in [7, 11) is 0. The summed E-state index contributed by atoms with van der Waals surface area (Å²) < 4.78 is 6.11. The van der Waals surface area contributed by atoms with Gasteiger partial charge in [0.2, 0.25) is 5.88 Å². The molecule has 0 spiro atoms. The molecule has 0 radical (unpaired) electrons. The van der Waals surface area contributed by atoms with Gasteiger partial charge in [0.05, 0.1) is 17.2 Å². The maximum absolute atomic E-state index is 6.11. The number of para-hydroxylation sites is 2. The van der Waals surface area contributed by atoms with E-state index in [2.05, 4.69) is 19.9 Å². The van der Waals surface area contributed by atoms with E-state index < -0.39 is 0 Å². The van der Waals surface area contributed by atoms with Crippen molar-refractivity contribution in [3.8, 4) is 17.3 Å². The summed E-state index contributed by atoms with van der Waals surface area (Å²) in [6.45, 7) is 1.77. The third-order valence-corrected chi connectivity index (χ3v) is 5.15. The number of hydrogen-bond donors (Lipinski definition) is 0. The zero-order valence-electron chi connectivity index (χ0n) is 16.0. The normalized spacial score (nSPS) is 14.8. The van der Waals surface area contributed by atoms with Crippen LogP contribution in [0.15, 0.2) is 73.1 Å². The zero-order valence-corrected chi connectivity index (χ0v) is 16.0. The molecule has 29 heavy (non-hydrogen) atoms. The van der Waals surface area contributed by atoms with Crippen LogP contribution in [0, 0.1) is 0 Å². The number of hydrogen-bond acceptors (Lipinski definition) is 6. The molecule has 1 aliphatic rings. The molecular formula is C23H21N5O. The highest BCUT2D eigenvalue weighted by atomic mass is 16.5. The van der Waals surface area contributed by atoms with Crippen LogP contribution in [0.1, 0.15) is 12.8 Å². The topological polar surface area (TPSA) is 64.0 Å². The SMILES string of the molecule is c1ccc(-c2nccc(N3CCC(Oc4cnc5ccccc5n4)CC3)n2)cc1. The van der Waals surface area contributed by atoms with Crippen LogP contribution in [-0.4, -0.2) is 39.1 Å². The predicted octanol–water partition coefficient (Wildman–Crippen LogP) is 4.13. The van der Waals surface area contributed by atoms with E-state index in [0.29, 0.717) is 5.88 Å². The molecule has 0 N–H and O–H groups in total. The average Bonchev–Trinajstić information content (AvgIpc) is 2.80. The fourth-order valence-electron chi connectivity index (χ4n) is 3.62. The summed E-state index contributed by atoms with van der Waals surface area (Å²) in [4.78, 5) is 20.5. The fourth-order valence-corrected chi connectivity index (χ4v) is 3.62. The highest BCUT2D eigenvalue weighted by molar-refractivity contribution is 5.73. The van der Waals surface area contributed by atoms with Crippen LogP contribution in [0.4, 0.5) is 5.82 Å². The van der Waals surface area contributed by atoms with Crippen molar-refractivity contribution >= 4 is 16.9 Å². The number of fused-ring (bicyclic) bond motifs is 1. The number of nitrogens with zero attached hydrogens (tertiary/aromatic N) is 5. The maximum atomic E-state index is 6.11. The minimum Gasteiger partial charge on any atom is -0.473 e. The number of benzene rings is 2. The minimum atomic E-state index is 0.136. The Morgan fingerprint density at radius 2 is 1.55 bits per heavy atom. The van der Waals surface area contributed by atoms with Crippen molar-refractivity contribution in [2.24, 2.45) is 0 Å². The maximum Gasteiger partial charge on any atom is 0.233 e. The number of piperidine rings is 1. The molecule has 1 fully saturated rings. The van der Waals surface area contributed by atoms with E-state index in [1.807, 2.05) is 66.9 Å². The van der Waals surface area contributed by atoms with Crippen molar-refractivity contribution in [2.75, 3.05) is 18.0 Å². The van der Waals surface area contributed by atoms with Gasteiger partial charge in [-0.3, -0.25) is 0 Å². The summed E-state index contributed by atoms with van der Waals surface area (Å²) in [5, 5.41) is 0.